The first kappa shape index (κ1) is 15.3. The minimum Gasteiger partial charge on any atom is -0.494 e. The zero-order chi connectivity index (χ0) is 15.2. The summed E-state index contributed by atoms with van der Waals surface area (Å²) in [6.45, 7) is 2.21. The molecular weight excluding hydrogens is 292 g/mol. The van der Waals surface area contributed by atoms with Crippen molar-refractivity contribution in [1.82, 2.24) is 4.98 Å². The van der Waals surface area contributed by atoms with Gasteiger partial charge in [0.2, 0.25) is 0 Å². The Labute approximate surface area is 127 Å². The Kier molecular flexibility index (Phi) is 5.14. The summed E-state index contributed by atoms with van der Waals surface area (Å²) in [5, 5.41) is 12.4. The molecule has 21 heavy (non-hydrogen) atoms. The van der Waals surface area contributed by atoms with Crippen molar-refractivity contribution < 1.29 is 14.6 Å². The van der Waals surface area contributed by atoms with Gasteiger partial charge in [0.1, 0.15) is 10.9 Å². The lowest BCUT2D eigenvalue weighted by Gasteiger charge is -2.11. The molecule has 1 heterocycles. The zero-order valence-corrected chi connectivity index (χ0v) is 12.2. The van der Waals surface area contributed by atoms with Crippen molar-refractivity contribution in [3.05, 3.63) is 52.8 Å². The predicted molar refractivity (Wildman–Crippen MR) is 80.7 cm³/mol. The minimum atomic E-state index is -0.299. The fourth-order valence-corrected chi connectivity index (χ4v) is 1.90. The fraction of sp³-hybridized carbons (Fsp3) is 0.200. The van der Waals surface area contributed by atoms with E-state index in [-0.39, 0.29) is 12.5 Å². The number of rotatable bonds is 5. The third-order valence-corrected chi connectivity index (χ3v) is 3.00. The normalized spacial score (nSPS) is 10.2. The van der Waals surface area contributed by atoms with Gasteiger partial charge >= 0.3 is 0 Å². The lowest BCUT2D eigenvalue weighted by Crippen LogP contribution is -2.12. The second-order valence-electron chi connectivity index (χ2n) is 4.24. The molecule has 2 N–H and O–H groups in total. The number of hydrogen-bond donors (Lipinski definition) is 2. The number of carbonyl (C=O) groups is 1. The molecule has 0 saturated heterocycles. The molecule has 1 aromatic carbocycles. The van der Waals surface area contributed by atoms with Gasteiger partial charge in [0.25, 0.3) is 5.91 Å². The van der Waals surface area contributed by atoms with Crippen LogP contribution in [0.15, 0.2) is 36.5 Å². The molecule has 2 rings (SSSR count). The van der Waals surface area contributed by atoms with Crippen LogP contribution in [0, 0.1) is 0 Å². The smallest absolute Gasteiger partial charge is 0.257 e. The third-order valence-electron chi connectivity index (χ3n) is 2.78. The van der Waals surface area contributed by atoms with Gasteiger partial charge in [-0.15, -0.1) is 0 Å². The van der Waals surface area contributed by atoms with E-state index < -0.39 is 0 Å². The number of halogens is 1. The summed E-state index contributed by atoms with van der Waals surface area (Å²) < 4.78 is 5.39. The van der Waals surface area contributed by atoms with Gasteiger partial charge in [-0.3, -0.25) is 4.79 Å². The topological polar surface area (TPSA) is 71.5 Å². The molecule has 110 valence electrons. The van der Waals surface area contributed by atoms with E-state index in [9.17, 15) is 9.90 Å². The molecule has 5 nitrogen and oxygen atoms in total. The van der Waals surface area contributed by atoms with Crippen LogP contribution in [-0.4, -0.2) is 22.6 Å². The Bertz CT molecular complexity index is 629. The highest BCUT2D eigenvalue weighted by Gasteiger charge is 2.09. The fourth-order valence-electron chi connectivity index (χ4n) is 1.79. The summed E-state index contributed by atoms with van der Waals surface area (Å²) in [5.74, 6) is 0.304. The second kappa shape index (κ2) is 7.06. The lowest BCUT2D eigenvalue weighted by molar-refractivity contribution is 0.102. The SMILES string of the molecule is CCOc1ccc(NC(=O)c2ccc(Cl)nc2)cc1CO. The standard InChI is InChI=1S/C15H15ClN2O3/c1-2-21-13-5-4-12(7-11(13)9-19)18-15(20)10-3-6-14(16)17-8-10/h3-8,19H,2,9H2,1H3,(H,18,20). The van der Waals surface area contributed by atoms with Crippen molar-refractivity contribution in [2.24, 2.45) is 0 Å². The van der Waals surface area contributed by atoms with E-state index >= 15 is 0 Å². The van der Waals surface area contributed by atoms with E-state index in [4.69, 9.17) is 16.3 Å². The molecule has 0 unspecified atom stereocenters. The average molecular weight is 307 g/mol. The molecule has 0 saturated carbocycles. The van der Waals surface area contributed by atoms with Crippen LogP contribution in [0.1, 0.15) is 22.8 Å². The molecule has 2 aromatic rings. The first-order valence-electron chi connectivity index (χ1n) is 6.43. The summed E-state index contributed by atoms with van der Waals surface area (Å²) >= 11 is 5.68. The van der Waals surface area contributed by atoms with Crippen LogP contribution in [-0.2, 0) is 6.61 Å². The number of amides is 1. The summed E-state index contributed by atoms with van der Waals surface area (Å²) in [4.78, 5) is 15.9. The number of anilines is 1. The summed E-state index contributed by atoms with van der Waals surface area (Å²) in [5.41, 5.74) is 1.59. The summed E-state index contributed by atoms with van der Waals surface area (Å²) in [6, 6.07) is 8.24. The monoisotopic (exact) mass is 306 g/mol. The number of benzene rings is 1. The van der Waals surface area contributed by atoms with Gasteiger partial charge in [-0.05, 0) is 37.3 Å². The number of aromatic nitrogens is 1. The largest absolute Gasteiger partial charge is 0.494 e. The molecule has 0 aliphatic heterocycles. The third kappa shape index (κ3) is 3.93. The maximum absolute atomic E-state index is 12.0. The van der Waals surface area contributed by atoms with Gasteiger partial charge in [-0.2, -0.15) is 0 Å². The van der Waals surface area contributed by atoms with Gasteiger partial charge in [-0.25, -0.2) is 4.98 Å². The molecule has 0 fully saturated rings. The first-order chi connectivity index (χ1) is 10.1. The van der Waals surface area contributed by atoms with E-state index in [0.29, 0.717) is 34.3 Å². The summed E-state index contributed by atoms with van der Waals surface area (Å²) in [6.07, 6.45) is 1.40. The van der Waals surface area contributed by atoms with Crippen LogP contribution in [0.2, 0.25) is 5.15 Å². The Morgan fingerprint density at radius 2 is 2.19 bits per heavy atom. The molecule has 6 heteroatoms. The van der Waals surface area contributed by atoms with Gasteiger partial charge in [0, 0.05) is 17.4 Å². The van der Waals surface area contributed by atoms with E-state index in [1.165, 1.54) is 6.20 Å². The molecule has 0 spiro atoms. The number of nitrogens with zero attached hydrogens (tertiary/aromatic N) is 1. The predicted octanol–water partition coefficient (Wildman–Crippen LogP) is 2.88. The number of aliphatic hydroxyl groups is 1. The number of carbonyl (C=O) groups excluding carboxylic acids is 1. The average Bonchev–Trinajstić information content (AvgIpc) is 2.49. The van der Waals surface area contributed by atoms with Crippen LogP contribution in [0.5, 0.6) is 5.75 Å². The molecular formula is C15H15ClN2O3. The van der Waals surface area contributed by atoms with Crippen LogP contribution < -0.4 is 10.1 Å². The molecule has 0 radical (unpaired) electrons. The maximum atomic E-state index is 12.0. The zero-order valence-electron chi connectivity index (χ0n) is 11.5. The number of aliphatic hydroxyl groups excluding tert-OH is 1. The van der Waals surface area contributed by atoms with Gasteiger partial charge < -0.3 is 15.2 Å². The van der Waals surface area contributed by atoms with Crippen molar-refractivity contribution in [3.63, 3.8) is 0 Å². The summed E-state index contributed by atoms with van der Waals surface area (Å²) in [7, 11) is 0. The molecule has 0 atom stereocenters. The van der Waals surface area contributed by atoms with E-state index in [0.717, 1.165) is 0 Å². The lowest BCUT2D eigenvalue weighted by atomic mass is 10.1. The number of nitrogens with one attached hydrogen (secondary N) is 1. The van der Waals surface area contributed by atoms with Crippen molar-refractivity contribution in [2.45, 2.75) is 13.5 Å². The number of ether oxygens (including phenoxy) is 1. The Balaban J connectivity index is 2.15. The Morgan fingerprint density at radius 3 is 2.81 bits per heavy atom. The van der Waals surface area contributed by atoms with Crippen LogP contribution in [0.25, 0.3) is 0 Å². The molecule has 1 amide bonds. The Morgan fingerprint density at radius 1 is 1.38 bits per heavy atom. The maximum Gasteiger partial charge on any atom is 0.257 e. The van der Waals surface area contributed by atoms with E-state index in [1.54, 1.807) is 30.3 Å². The van der Waals surface area contributed by atoms with Crippen LogP contribution in [0.3, 0.4) is 0 Å². The first-order valence-corrected chi connectivity index (χ1v) is 6.81. The number of pyridine rings is 1. The van der Waals surface area contributed by atoms with E-state index in [1.807, 2.05) is 6.92 Å². The van der Waals surface area contributed by atoms with Crippen LogP contribution in [0.4, 0.5) is 5.69 Å². The molecule has 0 aliphatic rings. The van der Waals surface area contributed by atoms with Crippen molar-refractivity contribution >= 4 is 23.2 Å². The minimum absolute atomic E-state index is 0.165. The van der Waals surface area contributed by atoms with E-state index in [2.05, 4.69) is 10.3 Å². The quantitative estimate of drug-likeness (QED) is 0.833. The molecule has 0 aliphatic carbocycles. The highest BCUT2D eigenvalue weighted by Crippen LogP contribution is 2.23. The van der Waals surface area contributed by atoms with Crippen molar-refractivity contribution in [1.29, 1.82) is 0 Å². The number of hydrogen-bond acceptors (Lipinski definition) is 4. The van der Waals surface area contributed by atoms with Gasteiger partial charge in [0.05, 0.1) is 18.8 Å². The molecule has 0 bridgehead atoms. The van der Waals surface area contributed by atoms with Crippen molar-refractivity contribution in [2.75, 3.05) is 11.9 Å². The van der Waals surface area contributed by atoms with Crippen molar-refractivity contribution in [3.8, 4) is 5.75 Å². The van der Waals surface area contributed by atoms with Gasteiger partial charge in [-0.1, -0.05) is 11.6 Å². The Hall–Kier alpha value is -2.11. The van der Waals surface area contributed by atoms with Gasteiger partial charge in [0.15, 0.2) is 0 Å². The second-order valence-corrected chi connectivity index (χ2v) is 4.62. The highest BCUT2D eigenvalue weighted by molar-refractivity contribution is 6.29. The highest BCUT2D eigenvalue weighted by atomic mass is 35.5. The molecule has 1 aromatic heterocycles. The van der Waals surface area contributed by atoms with Crippen LogP contribution >= 0.6 is 11.6 Å².